The van der Waals surface area contributed by atoms with Gasteiger partial charge >= 0.3 is 0 Å². The second-order valence-corrected chi connectivity index (χ2v) is 18.5. The Bertz CT molecular complexity index is 2780. The highest BCUT2D eigenvalue weighted by atomic mass is 35.5. The molecule has 0 saturated carbocycles. The Morgan fingerprint density at radius 2 is 1.10 bits per heavy atom. The molecule has 0 radical (unpaired) electrons. The van der Waals surface area contributed by atoms with Crippen LogP contribution < -0.4 is 0 Å². The highest BCUT2D eigenvalue weighted by Gasteiger charge is 2.60. The minimum Gasteiger partial charge on any atom is -0.386 e. The molecule has 2 saturated heterocycles. The first-order valence-corrected chi connectivity index (χ1v) is 22.4. The van der Waals surface area contributed by atoms with Crippen molar-refractivity contribution in [3.05, 3.63) is 213 Å². The van der Waals surface area contributed by atoms with Gasteiger partial charge in [-0.05, 0) is 76.7 Å². The first-order valence-electron chi connectivity index (χ1n) is 20.9. The standard InChI is InChI=1S/2C17H13ClFN3O.C15H17Cl2N3O/c2*18-15-4-2-1-3-14(15)16-17(23-16,9-22-11-20-10-21-22)12-5-7-13(19)8-6-12;1-15(2,3)14(21)13(20-9-18-8-19-20)6-10-4-5-11(16)7-12(10)17/h2*1-8,10-11,16H,9H2;4-9,14,21H,1-3H3/b;;13-6-/t2*16-,17-;/m10./s1. The van der Waals surface area contributed by atoms with Crippen molar-refractivity contribution in [1.29, 1.82) is 0 Å². The first-order chi connectivity index (χ1) is 32.2. The largest absolute Gasteiger partial charge is 0.386 e. The van der Waals surface area contributed by atoms with E-state index in [-0.39, 0.29) is 29.3 Å². The maximum Gasteiger partial charge on any atom is 0.144 e. The molecule has 0 bridgehead atoms. The number of rotatable bonds is 11. The number of aliphatic hydroxyl groups is 1. The van der Waals surface area contributed by atoms with E-state index in [1.54, 1.807) is 81.6 Å². The summed E-state index contributed by atoms with van der Waals surface area (Å²) in [5, 5.41) is 25.4. The number of epoxide rings is 2. The SMILES string of the molecule is CC(C)(C)C(O)/C(=C/c1ccc(Cl)cc1Cl)n1cncn1.Fc1ccc([C@@]2(Cn3cncn3)O[C@@H]2c2ccccc2Cl)cc1.Fc1ccc([C@]2(Cn3cncn3)O[C@H]2c2ccccc2Cl)cc1. The molecular weight excluding hydrogens is 942 g/mol. The molecule has 2 aliphatic heterocycles. The van der Waals surface area contributed by atoms with Gasteiger partial charge in [-0.2, -0.15) is 15.3 Å². The van der Waals surface area contributed by atoms with E-state index in [2.05, 4.69) is 30.2 Å². The van der Waals surface area contributed by atoms with Crippen LogP contribution in [0.1, 0.15) is 60.8 Å². The lowest BCUT2D eigenvalue weighted by Crippen LogP contribution is -2.29. The summed E-state index contributed by atoms with van der Waals surface area (Å²) in [5.74, 6) is -0.556. The molecule has 0 amide bonds. The van der Waals surface area contributed by atoms with Crippen LogP contribution in [0.4, 0.5) is 8.78 Å². The van der Waals surface area contributed by atoms with Gasteiger partial charge in [0, 0.05) is 31.2 Å². The minimum absolute atomic E-state index is 0.203. The summed E-state index contributed by atoms with van der Waals surface area (Å²) in [6.07, 6.45) is 9.85. The molecule has 5 atom stereocenters. The molecule has 8 aromatic rings. The van der Waals surface area contributed by atoms with Gasteiger partial charge < -0.3 is 14.6 Å². The third-order valence-electron chi connectivity index (χ3n) is 11.2. The van der Waals surface area contributed by atoms with Crippen LogP contribution in [0.3, 0.4) is 0 Å². The predicted molar refractivity (Wildman–Crippen MR) is 253 cm³/mol. The Morgan fingerprint density at radius 1 is 0.642 bits per heavy atom. The van der Waals surface area contributed by atoms with E-state index < -0.39 is 17.3 Å². The average Bonchev–Trinajstić information content (AvgIpc) is 3.76. The van der Waals surface area contributed by atoms with Crippen LogP contribution in [0.5, 0.6) is 0 Å². The van der Waals surface area contributed by atoms with Crippen molar-refractivity contribution < 1.29 is 23.4 Å². The van der Waals surface area contributed by atoms with Crippen LogP contribution >= 0.6 is 46.4 Å². The lowest BCUT2D eigenvalue weighted by molar-refractivity contribution is 0.109. The molecule has 1 unspecified atom stereocenters. The maximum absolute atomic E-state index is 13.3. The minimum atomic E-state index is -0.731. The van der Waals surface area contributed by atoms with Gasteiger partial charge in [0.25, 0.3) is 0 Å². The molecule has 10 rings (SSSR count). The Hall–Kier alpha value is -5.84. The van der Waals surface area contributed by atoms with E-state index >= 15 is 0 Å². The number of ether oxygens (including phenoxy) is 2. The van der Waals surface area contributed by atoms with E-state index in [4.69, 9.17) is 55.9 Å². The zero-order valence-electron chi connectivity index (χ0n) is 36.2. The third-order valence-corrected chi connectivity index (χ3v) is 12.5. The monoisotopic (exact) mass is 983 g/mol. The number of benzene rings is 5. The second-order valence-electron chi connectivity index (χ2n) is 16.9. The van der Waals surface area contributed by atoms with Crippen molar-refractivity contribution in [1.82, 2.24) is 44.3 Å². The normalized spacial score (nSPS) is 20.2. The second kappa shape index (κ2) is 20.2. The zero-order chi connectivity index (χ0) is 47.3. The lowest BCUT2D eigenvalue weighted by atomic mass is 9.86. The van der Waals surface area contributed by atoms with Gasteiger partial charge in [-0.15, -0.1) is 0 Å². The van der Waals surface area contributed by atoms with E-state index in [0.717, 1.165) is 27.8 Å². The van der Waals surface area contributed by atoms with E-state index in [0.29, 0.717) is 38.9 Å². The van der Waals surface area contributed by atoms with Gasteiger partial charge in [0.1, 0.15) is 79.1 Å². The van der Waals surface area contributed by atoms with Crippen LogP contribution in [0.2, 0.25) is 20.1 Å². The number of aromatic nitrogens is 9. The van der Waals surface area contributed by atoms with Crippen molar-refractivity contribution in [2.24, 2.45) is 5.41 Å². The van der Waals surface area contributed by atoms with E-state index in [1.165, 1.54) is 43.2 Å². The van der Waals surface area contributed by atoms with Crippen LogP contribution in [0.25, 0.3) is 11.8 Å². The summed E-state index contributed by atoms with van der Waals surface area (Å²) in [6.45, 7) is 6.81. The molecule has 12 nitrogen and oxygen atoms in total. The number of nitrogens with zero attached hydrogens (tertiary/aromatic N) is 9. The summed E-state index contributed by atoms with van der Waals surface area (Å²) in [4.78, 5) is 11.9. The van der Waals surface area contributed by atoms with Crippen molar-refractivity contribution in [3.63, 3.8) is 0 Å². The summed E-state index contributed by atoms with van der Waals surface area (Å²) < 4.78 is 43.6. The zero-order valence-corrected chi connectivity index (χ0v) is 39.2. The third kappa shape index (κ3) is 11.0. The molecule has 344 valence electrons. The Balaban J connectivity index is 0.000000136. The van der Waals surface area contributed by atoms with Gasteiger partial charge in [0.2, 0.25) is 0 Å². The fourth-order valence-electron chi connectivity index (χ4n) is 7.63. The lowest BCUT2D eigenvalue weighted by Gasteiger charge is -2.28. The average molecular weight is 986 g/mol. The van der Waals surface area contributed by atoms with Gasteiger partial charge in [0.15, 0.2) is 0 Å². The number of aliphatic hydroxyl groups excluding tert-OH is 1. The molecule has 67 heavy (non-hydrogen) atoms. The number of hydrogen-bond donors (Lipinski definition) is 1. The molecule has 18 heteroatoms. The summed E-state index contributed by atoms with van der Waals surface area (Å²) in [5.41, 5.74) is 3.38. The molecule has 0 aliphatic carbocycles. The van der Waals surface area contributed by atoms with Crippen molar-refractivity contribution in [3.8, 4) is 0 Å². The fourth-order valence-corrected chi connectivity index (χ4v) is 8.56. The Labute approximate surface area is 405 Å². The highest BCUT2D eigenvalue weighted by Crippen LogP contribution is 2.60. The number of hydrogen-bond acceptors (Lipinski definition) is 9. The number of halogens is 6. The van der Waals surface area contributed by atoms with Crippen molar-refractivity contribution in [2.45, 2.75) is 63.4 Å². The van der Waals surface area contributed by atoms with Gasteiger partial charge in [-0.3, -0.25) is 0 Å². The van der Waals surface area contributed by atoms with Gasteiger partial charge in [0.05, 0.1) is 18.8 Å². The van der Waals surface area contributed by atoms with Gasteiger partial charge in [-0.25, -0.2) is 37.8 Å². The molecule has 3 aromatic heterocycles. The van der Waals surface area contributed by atoms with Gasteiger partial charge in [-0.1, -0.05) is 134 Å². The summed E-state index contributed by atoms with van der Waals surface area (Å²) >= 11 is 24.7. The van der Waals surface area contributed by atoms with E-state index in [1.807, 2.05) is 69.3 Å². The molecule has 2 fully saturated rings. The molecule has 2 aliphatic rings. The molecule has 0 spiro atoms. The summed E-state index contributed by atoms with van der Waals surface area (Å²) in [7, 11) is 0. The van der Waals surface area contributed by atoms with Crippen LogP contribution in [-0.4, -0.2) is 55.5 Å². The maximum atomic E-state index is 13.3. The predicted octanol–water partition coefficient (Wildman–Crippen LogP) is 11.5. The summed E-state index contributed by atoms with van der Waals surface area (Å²) in [6, 6.07) is 33.1. The molecule has 5 aromatic carbocycles. The highest BCUT2D eigenvalue weighted by molar-refractivity contribution is 6.35. The Kier molecular flexibility index (Phi) is 14.3. The van der Waals surface area contributed by atoms with E-state index in [9.17, 15) is 13.9 Å². The quantitative estimate of drug-likeness (QED) is 0.126. The van der Waals surface area contributed by atoms with Crippen molar-refractivity contribution in [2.75, 3.05) is 0 Å². The fraction of sp³-hybridized carbons (Fsp3) is 0.224. The first kappa shape index (κ1) is 47.6. The smallest absolute Gasteiger partial charge is 0.144 e. The van der Waals surface area contributed by atoms with Crippen molar-refractivity contribution >= 4 is 58.2 Å². The molecular formula is C49H43Cl4F2N9O3. The van der Waals surface area contributed by atoms with Crippen LogP contribution in [0.15, 0.2) is 153 Å². The molecule has 1 N–H and O–H groups in total. The van der Waals surface area contributed by atoms with Crippen LogP contribution in [0, 0.1) is 17.0 Å². The molecule has 5 heterocycles. The topological polar surface area (TPSA) is 137 Å². The van der Waals surface area contributed by atoms with Crippen LogP contribution in [-0.2, 0) is 33.8 Å². The Morgan fingerprint density at radius 3 is 1.51 bits per heavy atom.